The average Bonchev–Trinajstić information content (AvgIpc) is 2.13. The lowest BCUT2D eigenvalue weighted by molar-refractivity contribution is -0.141. The number of phenolic OH excluding ortho intramolecular Hbond substituents is 1. The summed E-state index contributed by atoms with van der Waals surface area (Å²) in [6, 6.07) is 3.35. The van der Waals surface area contributed by atoms with E-state index in [2.05, 4.69) is 0 Å². The monoisotopic (exact) mass is 228 g/mol. The van der Waals surface area contributed by atoms with Gasteiger partial charge in [0.05, 0.1) is 10.9 Å². The van der Waals surface area contributed by atoms with Gasteiger partial charge >= 0.3 is 5.97 Å². The fourth-order valence-electron chi connectivity index (χ4n) is 1.39. The molecule has 3 nitrogen and oxygen atoms in total. The topological polar surface area (TPSA) is 57.5 Å². The zero-order valence-corrected chi connectivity index (χ0v) is 9.38. The molecule has 15 heavy (non-hydrogen) atoms. The van der Waals surface area contributed by atoms with Gasteiger partial charge in [-0.25, -0.2) is 0 Å². The van der Waals surface area contributed by atoms with Crippen molar-refractivity contribution in [2.24, 2.45) is 5.92 Å². The summed E-state index contributed by atoms with van der Waals surface area (Å²) in [7, 11) is 0. The van der Waals surface area contributed by atoms with Crippen LogP contribution in [-0.4, -0.2) is 16.2 Å². The number of hydrogen-bond donors (Lipinski definition) is 2. The largest absolute Gasteiger partial charge is 0.506 e. The van der Waals surface area contributed by atoms with E-state index >= 15 is 0 Å². The molecule has 0 aromatic heterocycles. The Morgan fingerprint density at radius 3 is 2.67 bits per heavy atom. The molecule has 2 N–H and O–H groups in total. The molecule has 0 aliphatic rings. The third-order valence-electron chi connectivity index (χ3n) is 2.22. The summed E-state index contributed by atoms with van der Waals surface area (Å²) in [5, 5.41) is 18.5. The van der Waals surface area contributed by atoms with Crippen molar-refractivity contribution in [3.05, 3.63) is 28.3 Å². The first kappa shape index (κ1) is 11.9. The van der Waals surface area contributed by atoms with Crippen LogP contribution in [0.5, 0.6) is 5.75 Å². The number of halogens is 1. The molecule has 1 unspecified atom stereocenters. The molecular weight excluding hydrogens is 216 g/mol. The van der Waals surface area contributed by atoms with Crippen LogP contribution < -0.4 is 0 Å². The Labute approximate surface area is 93.3 Å². The van der Waals surface area contributed by atoms with Gasteiger partial charge in [0.1, 0.15) is 5.75 Å². The minimum absolute atomic E-state index is 0.00394. The molecule has 1 aromatic carbocycles. The van der Waals surface area contributed by atoms with Crippen molar-refractivity contribution in [2.45, 2.75) is 20.3 Å². The maximum Gasteiger partial charge on any atom is 0.306 e. The highest BCUT2D eigenvalue weighted by molar-refractivity contribution is 6.32. The predicted octanol–water partition coefficient (Wildman–Crippen LogP) is 2.62. The first-order valence-corrected chi connectivity index (χ1v) is 5.00. The lowest BCUT2D eigenvalue weighted by Crippen LogP contribution is -2.12. The van der Waals surface area contributed by atoms with E-state index in [0.717, 1.165) is 5.56 Å². The first-order chi connectivity index (χ1) is 6.91. The van der Waals surface area contributed by atoms with E-state index in [-0.39, 0.29) is 10.8 Å². The van der Waals surface area contributed by atoms with E-state index in [0.29, 0.717) is 12.0 Å². The van der Waals surface area contributed by atoms with Crippen molar-refractivity contribution in [1.29, 1.82) is 0 Å². The van der Waals surface area contributed by atoms with E-state index in [9.17, 15) is 9.90 Å². The number of rotatable bonds is 3. The van der Waals surface area contributed by atoms with Gasteiger partial charge in [0, 0.05) is 0 Å². The summed E-state index contributed by atoms with van der Waals surface area (Å²) in [6.45, 7) is 3.43. The molecule has 82 valence electrons. The number of carbonyl (C=O) groups is 1. The summed E-state index contributed by atoms with van der Waals surface area (Å²) in [6.07, 6.45) is 0.323. The van der Waals surface area contributed by atoms with Crippen molar-refractivity contribution >= 4 is 17.6 Å². The highest BCUT2D eigenvalue weighted by Gasteiger charge is 2.15. The fraction of sp³-hybridized carbons (Fsp3) is 0.364. The lowest BCUT2D eigenvalue weighted by atomic mass is 9.99. The molecule has 0 saturated heterocycles. The summed E-state index contributed by atoms with van der Waals surface area (Å²) >= 11 is 5.87. The molecule has 1 aromatic rings. The highest BCUT2D eigenvalue weighted by Crippen LogP contribution is 2.30. The van der Waals surface area contributed by atoms with E-state index in [1.807, 2.05) is 6.92 Å². The van der Waals surface area contributed by atoms with Gasteiger partial charge in [0.2, 0.25) is 0 Å². The molecule has 0 bridgehead atoms. The number of carboxylic acids is 1. The van der Waals surface area contributed by atoms with Gasteiger partial charge in [0.15, 0.2) is 0 Å². The Kier molecular flexibility index (Phi) is 3.58. The van der Waals surface area contributed by atoms with Crippen LogP contribution in [0.4, 0.5) is 0 Å². The number of hydrogen-bond acceptors (Lipinski definition) is 2. The van der Waals surface area contributed by atoms with Crippen LogP contribution in [0.3, 0.4) is 0 Å². The predicted molar refractivity (Wildman–Crippen MR) is 58.4 cm³/mol. The molecule has 0 heterocycles. The van der Waals surface area contributed by atoms with Gasteiger partial charge in [-0.3, -0.25) is 4.79 Å². The second kappa shape index (κ2) is 4.53. The smallest absolute Gasteiger partial charge is 0.306 e. The van der Waals surface area contributed by atoms with E-state index < -0.39 is 11.9 Å². The molecule has 0 fully saturated rings. The standard InChI is InChI=1S/C11H13ClO3/c1-6-3-8(5-7(2)11(14)15)10(12)9(13)4-6/h3-4,7,13H,5H2,1-2H3,(H,14,15). The number of phenols is 1. The zero-order valence-electron chi connectivity index (χ0n) is 8.62. The minimum Gasteiger partial charge on any atom is -0.506 e. The van der Waals surface area contributed by atoms with Crippen LogP contribution in [0, 0.1) is 12.8 Å². The molecule has 1 rings (SSSR count). The SMILES string of the molecule is Cc1cc(O)c(Cl)c(CC(C)C(=O)O)c1. The number of carboxylic acid groups (broad SMARTS) is 1. The summed E-state index contributed by atoms with van der Waals surface area (Å²) < 4.78 is 0. The van der Waals surface area contributed by atoms with Crippen LogP contribution in [-0.2, 0) is 11.2 Å². The van der Waals surface area contributed by atoms with E-state index in [4.69, 9.17) is 16.7 Å². The molecule has 0 radical (unpaired) electrons. The average molecular weight is 229 g/mol. The Bertz CT molecular complexity index is 388. The van der Waals surface area contributed by atoms with Gasteiger partial charge in [0.25, 0.3) is 0 Å². The number of aromatic hydroxyl groups is 1. The van der Waals surface area contributed by atoms with Crippen LogP contribution in [0.1, 0.15) is 18.1 Å². The van der Waals surface area contributed by atoms with Gasteiger partial charge in [-0.15, -0.1) is 0 Å². The minimum atomic E-state index is -0.868. The van der Waals surface area contributed by atoms with Crippen molar-refractivity contribution in [3.8, 4) is 5.75 Å². The van der Waals surface area contributed by atoms with Crippen LogP contribution in [0.2, 0.25) is 5.02 Å². The maximum atomic E-state index is 10.7. The molecule has 0 aliphatic heterocycles. The van der Waals surface area contributed by atoms with Crippen molar-refractivity contribution in [3.63, 3.8) is 0 Å². The maximum absolute atomic E-state index is 10.7. The van der Waals surface area contributed by atoms with E-state index in [1.165, 1.54) is 0 Å². The lowest BCUT2D eigenvalue weighted by Gasteiger charge is -2.10. The molecule has 1 atom stereocenters. The highest BCUT2D eigenvalue weighted by atomic mass is 35.5. The summed E-state index contributed by atoms with van der Waals surface area (Å²) in [5.74, 6) is -1.37. The fourth-order valence-corrected chi connectivity index (χ4v) is 1.58. The van der Waals surface area contributed by atoms with Crippen LogP contribution in [0.15, 0.2) is 12.1 Å². The molecule has 0 saturated carbocycles. The number of aliphatic carboxylic acids is 1. The molecule has 0 spiro atoms. The molecular formula is C11H13ClO3. The second-order valence-corrected chi connectivity index (χ2v) is 4.08. The van der Waals surface area contributed by atoms with Gasteiger partial charge in [-0.1, -0.05) is 24.6 Å². The first-order valence-electron chi connectivity index (χ1n) is 4.62. The van der Waals surface area contributed by atoms with Crippen molar-refractivity contribution in [2.75, 3.05) is 0 Å². The van der Waals surface area contributed by atoms with Crippen LogP contribution >= 0.6 is 11.6 Å². The second-order valence-electron chi connectivity index (χ2n) is 3.70. The molecule has 4 heteroatoms. The third-order valence-corrected chi connectivity index (χ3v) is 2.66. The summed E-state index contributed by atoms with van der Waals surface area (Å²) in [4.78, 5) is 10.7. The Morgan fingerprint density at radius 1 is 1.53 bits per heavy atom. The molecule has 0 aliphatic carbocycles. The van der Waals surface area contributed by atoms with Crippen LogP contribution in [0.25, 0.3) is 0 Å². The summed E-state index contributed by atoms with van der Waals surface area (Å²) in [5.41, 5.74) is 1.54. The molecule has 0 amide bonds. The van der Waals surface area contributed by atoms with Gasteiger partial charge in [-0.05, 0) is 30.5 Å². The van der Waals surface area contributed by atoms with E-state index in [1.54, 1.807) is 19.1 Å². The Balaban J connectivity index is 2.99. The third kappa shape index (κ3) is 2.86. The van der Waals surface area contributed by atoms with Gasteiger partial charge in [-0.2, -0.15) is 0 Å². The van der Waals surface area contributed by atoms with Crippen molar-refractivity contribution in [1.82, 2.24) is 0 Å². The zero-order chi connectivity index (χ0) is 11.6. The van der Waals surface area contributed by atoms with Crippen molar-refractivity contribution < 1.29 is 15.0 Å². The number of benzene rings is 1. The quantitative estimate of drug-likeness (QED) is 0.836. The Morgan fingerprint density at radius 2 is 2.13 bits per heavy atom. The van der Waals surface area contributed by atoms with Gasteiger partial charge < -0.3 is 10.2 Å². The number of aryl methyl sites for hydroxylation is 1. The normalized spacial score (nSPS) is 12.5. The Hall–Kier alpha value is -1.22.